The summed E-state index contributed by atoms with van der Waals surface area (Å²) in [4.78, 5) is 0. The van der Waals surface area contributed by atoms with Crippen molar-refractivity contribution in [3.63, 3.8) is 0 Å². The van der Waals surface area contributed by atoms with Gasteiger partial charge >= 0.3 is 0 Å². The van der Waals surface area contributed by atoms with Crippen molar-refractivity contribution in [1.29, 1.82) is 0 Å². The van der Waals surface area contributed by atoms with E-state index < -0.39 is 0 Å². The van der Waals surface area contributed by atoms with Crippen LogP contribution in [0.1, 0.15) is 5.82 Å². The van der Waals surface area contributed by atoms with Gasteiger partial charge in [0.1, 0.15) is 11.6 Å². The van der Waals surface area contributed by atoms with Gasteiger partial charge in [-0.15, -0.1) is 10.2 Å². The highest BCUT2D eigenvalue weighted by Crippen LogP contribution is 2.25. The van der Waals surface area contributed by atoms with Crippen molar-refractivity contribution in [2.75, 3.05) is 0 Å². The van der Waals surface area contributed by atoms with Gasteiger partial charge in [-0.1, -0.05) is 46.3 Å². The summed E-state index contributed by atoms with van der Waals surface area (Å²) in [5.41, 5.74) is 1.35. The van der Waals surface area contributed by atoms with Crippen LogP contribution in [0.5, 0.6) is 0 Å². The summed E-state index contributed by atoms with van der Waals surface area (Å²) in [7, 11) is 0. The van der Waals surface area contributed by atoms with Crippen molar-refractivity contribution >= 4 is 15.9 Å². The lowest BCUT2D eigenvalue weighted by Gasteiger charge is -2.09. The van der Waals surface area contributed by atoms with E-state index in [0.717, 1.165) is 11.5 Å². The minimum Gasteiger partial charge on any atom is -0.278 e. The fourth-order valence-electron chi connectivity index (χ4n) is 2.07. The van der Waals surface area contributed by atoms with E-state index in [1.54, 1.807) is 18.2 Å². The zero-order valence-electron chi connectivity index (χ0n) is 10.5. The van der Waals surface area contributed by atoms with Crippen LogP contribution in [0, 0.1) is 5.82 Å². The molecular weight excluding hydrogens is 321 g/mol. The van der Waals surface area contributed by atoms with E-state index in [4.69, 9.17) is 0 Å². The average Bonchev–Trinajstić information content (AvgIpc) is 2.92. The van der Waals surface area contributed by atoms with Gasteiger partial charge in [0, 0.05) is 5.69 Å². The quantitative estimate of drug-likeness (QED) is 0.680. The molecule has 0 spiro atoms. The van der Waals surface area contributed by atoms with Gasteiger partial charge in [0.2, 0.25) is 0 Å². The Kier molecular flexibility index (Phi) is 3.60. The third-order valence-electron chi connectivity index (χ3n) is 2.98. The lowest BCUT2D eigenvalue weighted by molar-refractivity contribution is 0.629. The van der Waals surface area contributed by atoms with Gasteiger partial charge in [-0.05, 0) is 24.3 Å². The molecule has 0 bridgehead atoms. The second kappa shape index (κ2) is 5.54. The molecule has 0 saturated heterocycles. The number of hydrogen-bond donors (Lipinski definition) is 0. The number of hydrogen-bond acceptors (Lipinski definition) is 2. The maximum Gasteiger partial charge on any atom is 0.171 e. The van der Waals surface area contributed by atoms with Gasteiger partial charge in [0.25, 0.3) is 0 Å². The molecule has 0 fully saturated rings. The standard InChI is InChI=1S/C15H11BrFN3/c16-10-14-18-19-15(12-8-4-5-9-13(12)17)20(14)11-6-2-1-3-7-11/h1-9H,10H2. The van der Waals surface area contributed by atoms with Crippen LogP contribution in [-0.2, 0) is 5.33 Å². The molecular formula is C15H11BrFN3. The van der Waals surface area contributed by atoms with E-state index in [1.165, 1.54) is 6.07 Å². The first-order valence-corrected chi connectivity index (χ1v) is 7.24. The summed E-state index contributed by atoms with van der Waals surface area (Å²) >= 11 is 3.39. The normalized spacial score (nSPS) is 10.7. The van der Waals surface area contributed by atoms with Crippen LogP contribution in [-0.4, -0.2) is 14.8 Å². The smallest absolute Gasteiger partial charge is 0.171 e. The number of nitrogens with zero attached hydrogens (tertiary/aromatic N) is 3. The number of alkyl halides is 1. The number of aromatic nitrogens is 3. The van der Waals surface area contributed by atoms with E-state index in [1.807, 2.05) is 34.9 Å². The Hall–Kier alpha value is -2.01. The molecule has 0 unspecified atom stereocenters. The predicted octanol–water partition coefficient (Wildman–Crippen LogP) is 3.97. The van der Waals surface area contributed by atoms with Gasteiger partial charge in [-0.2, -0.15) is 0 Å². The summed E-state index contributed by atoms with van der Waals surface area (Å²) in [6.45, 7) is 0. The molecule has 1 aromatic heterocycles. The van der Waals surface area contributed by atoms with Crippen LogP contribution in [0.15, 0.2) is 54.6 Å². The van der Waals surface area contributed by atoms with Crippen molar-refractivity contribution in [2.45, 2.75) is 5.33 Å². The second-order valence-corrected chi connectivity index (χ2v) is 4.79. The molecule has 0 atom stereocenters. The molecule has 20 heavy (non-hydrogen) atoms. The van der Waals surface area contributed by atoms with Crippen molar-refractivity contribution in [1.82, 2.24) is 14.8 Å². The maximum atomic E-state index is 14.0. The fraction of sp³-hybridized carbons (Fsp3) is 0.0667. The molecule has 0 radical (unpaired) electrons. The first-order valence-electron chi connectivity index (χ1n) is 6.12. The number of benzene rings is 2. The predicted molar refractivity (Wildman–Crippen MR) is 79.4 cm³/mol. The van der Waals surface area contributed by atoms with Crippen molar-refractivity contribution in [3.8, 4) is 17.1 Å². The molecule has 0 amide bonds. The Labute approximate surface area is 124 Å². The topological polar surface area (TPSA) is 30.7 Å². The average molecular weight is 332 g/mol. The monoisotopic (exact) mass is 331 g/mol. The van der Waals surface area contributed by atoms with E-state index >= 15 is 0 Å². The number of halogens is 2. The van der Waals surface area contributed by atoms with Crippen LogP contribution in [0.3, 0.4) is 0 Å². The Morgan fingerprint density at radius 1 is 0.950 bits per heavy atom. The largest absolute Gasteiger partial charge is 0.278 e. The molecule has 1 heterocycles. The second-order valence-electron chi connectivity index (χ2n) is 4.22. The highest BCUT2D eigenvalue weighted by Gasteiger charge is 2.17. The molecule has 0 aliphatic carbocycles. The van der Waals surface area contributed by atoms with E-state index in [0.29, 0.717) is 16.7 Å². The van der Waals surface area contributed by atoms with Crippen LogP contribution in [0.4, 0.5) is 4.39 Å². The molecule has 0 aliphatic rings. The Morgan fingerprint density at radius 3 is 2.35 bits per heavy atom. The van der Waals surface area contributed by atoms with Gasteiger partial charge in [0.05, 0.1) is 10.9 Å². The van der Waals surface area contributed by atoms with E-state index in [-0.39, 0.29) is 5.82 Å². The zero-order valence-corrected chi connectivity index (χ0v) is 12.1. The zero-order chi connectivity index (χ0) is 13.9. The minimum atomic E-state index is -0.307. The van der Waals surface area contributed by atoms with Gasteiger partial charge in [-0.25, -0.2) is 4.39 Å². The number of rotatable bonds is 3. The van der Waals surface area contributed by atoms with Crippen LogP contribution in [0.25, 0.3) is 17.1 Å². The maximum absolute atomic E-state index is 14.0. The van der Waals surface area contributed by atoms with E-state index in [9.17, 15) is 4.39 Å². The summed E-state index contributed by atoms with van der Waals surface area (Å²) in [6, 6.07) is 16.3. The molecule has 100 valence electrons. The summed E-state index contributed by atoms with van der Waals surface area (Å²) in [5.74, 6) is 0.927. The molecule has 0 aliphatic heterocycles. The lowest BCUT2D eigenvalue weighted by Crippen LogP contribution is -2.02. The summed E-state index contributed by atoms with van der Waals surface area (Å²) < 4.78 is 15.8. The van der Waals surface area contributed by atoms with Crippen molar-refractivity contribution in [2.24, 2.45) is 0 Å². The molecule has 0 N–H and O–H groups in total. The Morgan fingerprint density at radius 2 is 1.65 bits per heavy atom. The highest BCUT2D eigenvalue weighted by atomic mass is 79.9. The van der Waals surface area contributed by atoms with Crippen molar-refractivity contribution in [3.05, 3.63) is 66.2 Å². The fourth-order valence-corrected chi connectivity index (χ4v) is 2.43. The first-order chi connectivity index (χ1) is 9.81. The third-order valence-corrected chi connectivity index (χ3v) is 3.48. The third kappa shape index (κ3) is 2.25. The van der Waals surface area contributed by atoms with Crippen LogP contribution < -0.4 is 0 Å². The summed E-state index contributed by atoms with van der Waals surface area (Å²) in [5, 5.41) is 8.81. The van der Waals surface area contributed by atoms with E-state index in [2.05, 4.69) is 26.1 Å². The highest BCUT2D eigenvalue weighted by molar-refractivity contribution is 9.08. The molecule has 5 heteroatoms. The van der Waals surface area contributed by atoms with Crippen molar-refractivity contribution < 1.29 is 4.39 Å². The minimum absolute atomic E-state index is 0.307. The molecule has 2 aromatic carbocycles. The first kappa shape index (κ1) is 13.0. The molecule has 3 aromatic rings. The number of para-hydroxylation sites is 1. The molecule has 0 saturated carbocycles. The lowest BCUT2D eigenvalue weighted by atomic mass is 10.2. The van der Waals surface area contributed by atoms with Crippen LogP contribution in [0.2, 0.25) is 0 Å². The Bertz CT molecular complexity index is 725. The molecule has 3 rings (SSSR count). The van der Waals surface area contributed by atoms with Gasteiger partial charge in [-0.3, -0.25) is 4.57 Å². The molecule has 3 nitrogen and oxygen atoms in total. The van der Waals surface area contributed by atoms with Crippen LogP contribution >= 0.6 is 15.9 Å². The van der Waals surface area contributed by atoms with Gasteiger partial charge < -0.3 is 0 Å². The van der Waals surface area contributed by atoms with Gasteiger partial charge in [0.15, 0.2) is 5.82 Å². The SMILES string of the molecule is Fc1ccccc1-c1nnc(CBr)n1-c1ccccc1. The Balaban J connectivity index is 2.24. The summed E-state index contributed by atoms with van der Waals surface area (Å²) in [6.07, 6.45) is 0.